The molecule has 0 aliphatic heterocycles. The number of ether oxygens (including phenoxy) is 1. The van der Waals surface area contributed by atoms with Crippen LogP contribution in [0.2, 0.25) is 0 Å². The summed E-state index contributed by atoms with van der Waals surface area (Å²) in [7, 11) is 1.87. The lowest BCUT2D eigenvalue weighted by atomic mass is 9.84. The Morgan fingerprint density at radius 3 is 2.36 bits per heavy atom. The average Bonchev–Trinajstić information content (AvgIpc) is 2.99. The summed E-state index contributed by atoms with van der Waals surface area (Å²) in [6, 6.07) is 7.92. The number of hydrogen-bond donors (Lipinski definition) is 1. The fraction of sp³-hybridized carbons (Fsp3) is 0.588. The summed E-state index contributed by atoms with van der Waals surface area (Å²) in [5, 5.41) is 0. The van der Waals surface area contributed by atoms with Gasteiger partial charge in [-0.15, -0.1) is 12.4 Å². The molecule has 1 fully saturated rings. The fourth-order valence-corrected chi connectivity index (χ4v) is 3.17. The number of carbonyl (C=O) groups excluding carboxylic acids is 1. The van der Waals surface area contributed by atoms with Crippen molar-refractivity contribution in [1.82, 2.24) is 4.90 Å². The first-order chi connectivity index (χ1) is 10.1. The van der Waals surface area contributed by atoms with Crippen molar-refractivity contribution in [3.63, 3.8) is 0 Å². The molecule has 1 aliphatic carbocycles. The summed E-state index contributed by atoms with van der Waals surface area (Å²) < 4.78 is 5.43. The molecule has 0 bridgehead atoms. The van der Waals surface area contributed by atoms with Gasteiger partial charge in [0.15, 0.2) is 0 Å². The lowest BCUT2D eigenvalue weighted by Gasteiger charge is -2.31. The van der Waals surface area contributed by atoms with Crippen LogP contribution in [0.4, 0.5) is 0 Å². The second-order valence-electron chi connectivity index (χ2n) is 5.93. The maximum absolute atomic E-state index is 12.7. The van der Waals surface area contributed by atoms with Gasteiger partial charge in [0.2, 0.25) is 5.91 Å². The topological polar surface area (TPSA) is 55.6 Å². The van der Waals surface area contributed by atoms with Crippen molar-refractivity contribution in [2.45, 2.75) is 39.2 Å². The van der Waals surface area contributed by atoms with Crippen molar-refractivity contribution in [3.8, 4) is 5.75 Å². The number of halogens is 1. The third-order valence-corrected chi connectivity index (χ3v) is 4.41. The smallest absolute Gasteiger partial charge is 0.230 e. The first-order valence-electron chi connectivity index (χ1n) is 7.78. The molecule has 0 spiro atoms. The molecule has 0 aromatic heterocycles. The lowest BCUT2D eigenvalue weighted by molar-refractivity contribution is -0.140. The van der Waals surface area contributed by atoms with E-state index in [0.717, 1.165) is 37.0 Å². The molecule has 4 nitrogen and oxygen atoms in total. The van der Waals surface area contributed by atoms with Gasteiger partial charge in [-0.25, -0.2) is 0 Å². The molecular formula is C17H27ClN2O2. The normalized spacial score (nSPS) is 16.0. The number of nitrogens with zero attached hydrogens (tertiary/aromatic N) is 1. The van der Waals surface area contributed by atoms with E-state index in [1.807, 2.05) is 43.1 Å². The first kappa shape index (κ1) is 18.8. The van der Waals surface area contributed by atoms with Gasteiger partial charge in [-0.05, 0) is 37.5 Å². The van der Waals surface area contributed by atoms with Gasteiger partial charge in [0.25, 0.3) is 0 Å². The van der Waals surface area contributed by atoms with E-state index in [-0.39, 0.29) is 23.7 Å². The number of benzene rings is 1. The number of rotatable bonds is 6. The second kappa shape index (κ2) is 8.39. The van der Waals surface area contributed by atoms with Crippen LogP contribution in [0.15, 0.2) is 24.3 Å². The van der Waals surface area contributed by atoms with Crippen molar-refractivity contribution in [2.75, 3.05) is 20.2 Å². The number of nitrogens with two attached hydrogens (primary N) is 1. The highest BCUT2D eigenvalue weighted by Crippen LogP contribution is 2.38. The predicted molar refractivity (Wildman–Crippen MR) is 91.3 cm³/mol. The molecule has 0 unspecified atom stereocenters. The molecule has 0 atom stereocenters. The van der Waals surface area contributed by atoms with E-state index < -0.39 is 0 Å². The molecule has 0 radical (unpaired) electrons. The van der Waals surface area contributed by atoms with Crippen LogP contribution < -0.4 is 10.5 Å². The van der Waals surface area contributed by atoms with Crippen LogP contribution >= 0.6 is 12.4 Å². The van der Waals surface area contributed by atoms with E-state index in [0.29, 0.717) is 19.7 Å². The molecule has 2 N–H and O–H groups in total. The van der Waals surface area contributed by atoms with Crippen LogP contribution in [0.25, 0.3) is 0 Å². The molecule has 124 valence electrons. The SMILES string of the molecule is CCOc1ccc(CN(C)C(=O)C2(CN)CCCC2)cc1.Cl. The Balaban J connectivity index is 0.00000242. The van der Waals surface area contributed by atoms with Gasteiger partial charge in [-0.1, -0.05) is 25.0 Å². The predicted octanol–water partition coefficient (Wildman–Crippen LogP) is 2.98. The molecule has 1 saturated carbocycles. The van der Waals surface area contributed by atoms with Crippen LogP contribution in [0.5, 0.6) is 5.75 Å². The van der Waals surface area contributed by atoms with E-state index in [1.54, 1.807) is 0 Å². The van der Waals surface area contributed by atoms with Crippen molar-refractivity contribution in [1.29, 1.82) is 0 Å². The van der Waals surface area contributed by atoms with Gasteiger partial charge in [0, 0.05) is 20.1 Å². The van der Waals surface area contributed by atoms with E-state index >= 15 is 0 Å². The highest BCUT2D eigenvalue weighted by atomic mass is 35.5. The molecule has 2 rings (SSSR count). The number of carbonyl (C=O) groups is 1. The number of amides is 1. The Labute approximate surface area is 139 Å². The molecular weight excluding hydrogens is 300 g/mol. The summed E-state index contributed by atoms with van der Waals surface area (Å²) in [5.41, 5.74) is 6.68. The van der Waals surface area contributed by atoms with Gasteiger partial charge in [0.1, 0.15) is 5.75 Å². The van der Waals surface area contributed by atoms with Crippen molar-refractivity contribution < 1.29 is 9.53 Å². The zero-order valence-electron chi connectivity index (χ0n) is 13.5. The minimum atomic E-state index is -0.319. The first-order valence-corrected chi connectivity index (χ1v) is 7.78. The highest BCUT2D eigenvalue weighted by molar-refractivity contribution is 5.85. The van der Waals surface area contributed by atoms with Crippen molar-refractivity contribution in [2.24, 2.45) is 11.1 Å². The molecule has 0 saturated heterocycles. The molecule has 5 heteroatoms. The van der Waals surface area contributed by atoms with Crippen molar-refractivity contribution >= 4 is 18.3 Å². The Hall–Kier alpha value is -1.26. The maximum atomic E-state index is 12.7. The molecule has 0 heterocycles. The quantitative estimate of drug-likeness (QED) is 0.874. The Morgan fingerprint density at radius 2 is 1.86 bits per heavy atom. The standard InChI is InChI=1S/C17H26N2O2.ClH/c1-3-21-15-8-6-14(7-9-15)12-19(2)16(20)17(13-18)10-4-5-11-17;/h6-9H,3-5,10-13,18H2,1-2H3;1H. The average molecular weight is 327 g/mol. The van der Waals surface area contributed by atoms with E-state index in [4.69, 9.17) is 10.5 Å². The zero-order chi connectivity index (χ0) is 15.3. The van der Waals surface area contributed by atoms with Gasteiger partial charge >= 0.3 is 0 Å². The minimum absolute atomic E-state index is 0. The van der Waals surface area contributed by atoms with Gasteiger partial charge in [-0.2, -0.15) is 0 Å². The second-order valence-corrected chi connectivity index (χ2v) is 5.93. The molecule has 1 aromatic rings. The largest absolute Gasteiger partial charge is 0.494 e. The van der Waals surface area contributed by atoms with E-state index in [1.165, 1.54) is 0 Å². The Bertz CT molecular complexity index is 470. The van der Waals surface area contributed by atoms with Crippen LogP contribution in [0.1, 0.15) is 38.2 Å². The highest BCUT2D eigenvalue weighted by Gasteiger charge is 2.41. The van der Waals surface area contributed by atoms with Crippen molar-refractivity contribution in [3.05, 3.63) is 29.8 Å². The molecule has 1 aliphatic rings. The molecule has 1 aromatic carbocycles. The third-order valence-electron chi connectivity index (χ3n) is 4.41. The summed E-state index contributed by atoms with van der Waals surface area (Å²) >= 11 is 0. The minimum Gasteiger partial charge on any atom is -0.494 e. The molecule has 22 heavy (non-hydrogen) atoms. The Morgan fingerprint density at radius 1 is 1.27 bits per heavy atom. The summed E-state index contributed by atoms with van der Waals surface area (Å²) in [4.78, 5) is 14.5. The van der Waals surface area contributed by atoms with Gasteiger partial charge in [0.05, 0.1) is 12.0 Å². The van der Waals surface area contributed by atoms with Crippen LogP contribution in [-0.4, -0.2) is 31.0 Å². The summed E-state index contributed by atoms with van der Waals surface area (Å²) in [6.45, 7) is 3.71. The van der Waals surface area contributed by atoms with Crippen LogP contribution in [0, 0.1) is 5.41 Å². The summed E-state index contributed by atoms with van der Waals surface area (Å²) in [6.07, 6.45) is 4.07. The third kappa shape index (κ3) is 4.14. The molecule has 1 amide bonds. The van der Waals surface area contributed by atoms with Gasteiger partial charge < -0.3 is 15.4 Å². The van der Waals surface area contributed by atoms with Gasteiger partial charge in [-0.3, -0.25) is 4.79 Å². The number of hydrogen-bond acceptors (Lipinski definition) is 3. The lowest BCUT2D eigenvalue weighted by Crippen LogP contribution is -2.44. The van der Waals surface area contributed by atoms with Crippen LogP contribution in [-0.2, 0) is 11.3 Å². The van der Waals surface area contributed by atoms with E-state index in [2.05, 4.69) is 0 Å². The van der Waals surface area contributed by atoms with Crippen LogP contribution in [0.3, 0.4) is 0 Å². The summed E-state index contributed by atoms with van der Waals surface area (Å²) in [5.74, 6) is 1.06. The maximum Gasteiger partial charge on any atom is 0.230 e. The van der Waals surface area contributed by atoms with E-state index in [9.17, 15) is 4.79 Å². The fourth-order valence-electron chi connectivity index (χ4n) is 3.17. The Kier molecular flexibility index (Phi) is 7.17. The monoisotopic (exact) mass is 326 g/mol. The zero-order valence-corrected chi connectivity index (χ0v) is 14.3.